The standard InChI is InChI=1S/C22H24ClN3O4S2/c1-3-26(4-2)32(28,29)19-10-12-22(25-14-19)31-15-21(27)24-13-18-9-11-20(30-18)16-5-7-17(23)8-6-16/h5-12,14H,3-4,13,15H2,1-2H3,(H,24,27). The van der Waals surface area contributed by atoms with Crippen molar-refractivity contribution in [2.24, 2.45) is 0 Å². The molecule has 0 aliphatic heterocycles. The van der Waals surface area contributed by atoms with Gasteiger partial charge in [0.25, 0.3) is 0 Å². The van der Waals surface area contributed by atoms with Crippen molar-refractivity contribution in [3.8, 4) is 11.3 Å². The van der Waals surface area contributed by atoms with E-state index in [1.807, 2.05) is 24.3 Å². The van der Waals surface area contributed by atoms with E-state index in [1.165, 1.54) is 28.3 Å². The monoisotopic (exact) mass is 493 g/mol. The SMILES string of the molecule is CCN(CC)S(=O)(=O)c1ccc(SCC(=O)NCc2ccc(-c3ccc(Cl)cc3)o2)nc1. The average molecular weight is 494 g/mol. The molecule has 0 spiro atoms. The van der Waals surface area contributed by atoms with Gasteiger partial charge in [-0.3, -0.25) is 4.79 Å². The Bertz CT molecular complexity index is 1140. The zero-order valence-electron chi connectivity index (χ0n) is 17.7. The highest BCUT2D eigenvalue weighted by molar-refractivity contribution is 7.99. The molecule has 0 radical (unpaired) electrons. The van der Waals surface area contributed by atoms with E-state index < -0.39 is 10.0 Å². The highest BCUT2D eigenvalue weighted by Crippen LogP contribution is 2.24. The molecule has 0 atom stereocenters. The zero-order chi connectivity index (χ0) is 23.1. The third kappa shape index (κ3) is 6.13. The Morgan fingerprint density at radius 3 is 2.44 bits per heavy atom. The number of halogens is 1. The number of carbonyl (C=O) groups excluding carboxylic acids is 1. The van der Waals surface area contributed by atoms with Gasteiger partial charge < -0.3 is 9.73 Å². The van der Waals surface area contributed by atoms with Crippen molar-refractivity contribution < 1.29 is 17.6 Å². The molecule has 32 heavy (non-hydrogen) atoms. The van der Waals surface area contributed by atoms with Crippen LogP contribution in [0.25, 0.3) is 11.3 Å². The molecule has 0 aliphatic carbocycles. The average Bonchev–Trinajstić information content (AvgIpc) is 3.27. The predicted molar refractivity (Wildman–Crippen MR) is 126 cm³/mol. The second-order valence-electron chi connectivity index (χ2n) is 6.76. The fourth-order valence-corrected chi connectivity index (χ4v) is 5.14. The molecule has 1 amide bonds. The Labute approximate surface area is 197 Å². The first-order valence-electron chi connectivity index (χ1n) is 10.0. The van der Waals surface area contributed by atoms with E-state index in [0.29, 0.717) is 34.7 Å². The molecule has 2 aromatic heterocycles. The fourth-order valence-electron chi connectivity index (χ4n) is 2.94. The van der Waals surface area contributed by atoms with Crippen LogP contribution < -0.4 is 5.32 Å². The number of rotatable bonds is 10. The summed E-state index contributed by atoms with van der Waals surface area (Å²) < 4.78 is 32.1. The van der Waals surface area contributed by atoms with Crippen molar-refractivity contribution in [1.82, 2.24) is 14.6 Å². The van der Waals surface area contributed by atoms with Crippen molar-refractivity contribution >= 4 is 39.3 Å². The van der Waals surface area contributed by atoms with E-state index in [2.05, 4.69) is 10.3 Å². The molecule has 0 unspecified atom stereocenters. The van der Waals surface area contributed by atoms with Gasteiger partial charge in [0.2, 0.25) is 15.9 Å². The van der Waals surface area contributed by atoms with Crippen LogP contribution in [0.1, 0.15) is 19.6 Å². The summed E-state index contributed by atoms with van der Waals surface area (Å²) in [7, 11) is -3.54. The summed E-state index contributed by atoms with van der Waals surface area (Å²) in [4.78, 5) is 16.5. The second-order valence-corrected chi connectivity index (χ2v) is 10.1. The number of hydrogen-bond acceptors (Lipinski definition) is 6. The summed E-state index contributed by atoms with van der Waals surface area (Å²) in [6, 6.07) is 14.1. The van der Waals surface area contributed by atoms with Gasteiger partial charge in [-0.2, -0.15) is 4.31 Å². The Kier molecular flexibility index (Phi) is 8.36. The largest absolute Gasteiger partial charge is 0.459 e. The maximum atomic E-state index is 12.5. The molecular formula is C22H24ClN3O4S2. The molecule has 1 aromatic carbocycles. The Morgan fingerprint density at radius 2 is 1.81 bits per heavy atom. The summed E-state index contributed by atoms with van der Waals surface area (Å²) in [6.45, 7) is 4.64. The van der Waals surface area contributed by atoms with Gasteiger partial charge in [0.15, 0.2) is 0 Å². The number of hydrogen-bond donors (Lipinski definition) is 1. The van der Waals surface area contributed by atoms with Crippen LogP contribution >= 0.6 is 23.4 Å². The number of benzene rings is 1. The Hall–Kier alpha value is -2.33. The van der Waals surface area contributed by atoms with Crippen molar-refractivity contribution in [2.75, 3.05) is 18.8 Å². The van der Waals surface area contributed by atoms with Gasteiger partial charge in [-0.05, 0) is 48.5 Å². The summed E-state index contributed by atoms with van der Waals surface area (Å²) in [5.74, 6) is 1.31. The summed E-state index contributed by atoms with van der Waals surface area (Å²) in [6.07, 6.45) is 1.33. The number of furan rings is 1. The van der Waals surface area contributed by atoms with E-state index in [1.54, 1.807) is 32.0 Å². The number of pyridine rings is 1. The number of nitrogens with one attached hydrogen (secondary N) is 1. The van der Waals surface area contributed by atoms with Gasteiger partial charge in [-0.1, -0.05) is 37.2 Å². The van der Waals surface area contributed by atoms with Crippen molar-refractivity contribution in [3.05, 3.63) is 65.5 Å². The lowest BCUT2D eigenvalue weighted by molar-refractivity contribution is -0.118. The first-order chi connectivity index (χ1) is 15.3. The molecule has 3 aromatic rings. The summed E-state index contributed by atoms with van der Waals surface area (Å²) >= 11 is 7.13. The molecule has 170 valence electrons. The lowest BCUT2D eigenvalue weighted by Crippen LogP contribution is -2.30. The smallest absolute Gasteiger partial charge is 0.244 e. The number of nitrogens with zero attached hydrogens (tertiary/aromatic N) is 2. The first kappa shape index (κ1) is 24.3. The normalized spacial score (nSPS) is 11.6. The lowest BCUT2D eigenvalue weighted by Gasteiger charge is -2.18. The van der Waals surface area contributed by atoms with Crippen LogP contribution in [0.15, 0.2) is 69.1 Å². The number of aromatic nitrogens is 1. The molecule has 7 nitrogen and oxygen atoms in total. The highest BCUT2D eigenvalue weighted by atomic mass is 35.5. The Balaban J connectivity index is 1.50. The molecule has 0 bridgehead atoms. The molecule has 1 N–H and O–H groups in total. The zero-order valence-corrected chi connectivity index (χ0v) is 20.1. The third-order valence-electron chi connectivity index (χ3n) is 4.65. The van der Waals surface area contributed by atoms with Gasteiger partial charge in [0, 0.05) is 29.9 Å². The van der Waals surface area contributed by atoms with Crippen LogP contribution in [0.5, 0.6) is 0 Å². The van der Waals surface area contributed by atoms with E-state index in [4.69, 9.17) is 16.0 Å². The van der Waals surface area contributed by atoms with Crippen LogP contribution in [-0.2, 0) is 21.4 Å². The van der Waals surface area contributed by atoms with Crippen molar-refractivity contribution in [3.63, 3.8) is 0 Å². The van der Waals surface area contributed by atoms with Gasteiger partial charge >= 0.3 is 0 Å². The molecule has 2 heterocycles. The predicted octanol–water partition coefficient (Wildman–Crippen LogP) is 4.43. The van der Waals surface area contributed by atoms with Crippen molar-refractivity contribution in [2.45, 2.75) is 30.3 Å². The van der Waals surface area contributed by atoms with Crippen LogP contribution in [0.2, 0.25) is 5.02 Å². The van der Waals surface area contributed by atoms with Crippen LogP contribution in [0, 0.1) is 0 Å². The minimum absolute atomic E-state index is 0.143. The van der Waals surface area contributed by atoms with Crippen LogP contribution in [0.3, 0.4) is 0 Å². The topological polar surface area (TPSA) is 92.5 Å². The number of carbonyl (C=O) groups is 1. The summed E-state index contributed by atoms with van der Waals surface area (Å²) in [5.41, 5.74) is 0.903. The molecular weight excluding hydrogens is 470 g/mol. The van der Waals surface area contributed by atoms with Gasteiger partial charge in [0.05, 0.1) is 17.3 Å². The fraction of sp³-hybridized carbons (Fsp3) is 0.273. The number of thioether (sulfide) groups is 1. The Morgan fingerprint density at radius 1 is 1.09 bits per heavy atom. The number of sulfonamides is 1. The van der Waals surface area contributed by atoms with E-state index in [-0.39, 0.29) is 23.1 Å². The lowest BCUT2D eigenvalue weighted by atomic mass is 10.2. The van der Waals surface area contributed by atoms with Crippen LogP contribution in [-0.4, -0.2) is 42.5 Å². The quantitative estimate of drug-likeness (QED) is 0.420. The van der Waals surface area contributed by atoms with E-state index in [0.717, 1.165) is 5.56 Å². The molecule has 0 saturated heterocycles. The van der Waals surface area contributed by atoms with Crippen LogP contribution in [0.4, 0.5) is 0 Å². The molecule has 0 fully saturated rings. The molecule has 10 heteroatoms. The minimum atomic E-state index is -3.54. The van der Waals surface area contributed by atoms with E-state index >= 15 is 0 Å². The molecule has 0 saturated carbocycles. The second kappa shape index (κ2) is 11.0. The summed E-state index contributed by atoms with van der Waals surface area (Å²) in [5, 5.41) is 4.03. The van der Waals surface area contributed by atoms with E-state index in [9.17, 15) is 13.2 Å². The van der Waals surface area contributed by atoms with Crippen molar-refractivity contribution in [1.29, 1.82) is 0 Å². The maximum Gasteiger partial charge on any atom is 0.244 e. The van der Waals surface area contributed by atoms with Gasteiger partial charge in [-0.25, -0.2) is 13.4 Å². The maximum absolute atomic E-state index is 12.5. The first-order valence-corrected chi connectivity index (χ1v) is 12.8. The highest BCUT2D eigenvalue weighted by Gasteiger charge is 2.21. The molecule has 3 rings (SSSR count). The molecule has 0 aliphatic rings. The number of amides is 1. The van der Waals surface area contributed by atoms with Gasteiger partial charge in [0.1, 0.15) is 16.4 Å². The minimum Gasteiger partial charge on any atom is -0.459 e. The third-order valence-corrected chi connectivity index (χ3v) is 7.88. The van der Waals surface area contributed by atoms with Gasteiger partial charge in [-0.15, -0.1) is 0 Å².